The van der Waals surface area contributed by atoms with Crippen LogP contribution in [0.15, 0.2) is 94.9 Å². The van der Waals surface area contributed by atoms with Gasteiger partial charge in [-0.2, -0.15) is 9.98 Å². The van der Waals surface area contributed by atoms with Crippen LogP contribution in [-0.2, 0) is 11.2 Å². The number of hydrogen-bond acceptors (Lipinski definition) is 6. The topological polar surface area (TPSA) is 54.3 Å². The Morgan fingerprint density at radius 1 is 1.00 bits per heavy atom. The van der Waals surface area contributed by atoms with E-state index in [2.05, 4.69) is 52.2 Å². The minimum Gasteiger partial charge on any atom is -0.462 e. The maximum atomic E-state index is 13.2. The second kappa shape index (κ2) is 11.0. The van der Waals surface area contributed by atoms with Gasteiger partial charge in [0, 0.05) is 10.9 Å². The summed E-state index contributed by atoms with van der Waals surface area (Å²) in [4.78, 5) is 25.4. The molecule has 0 spiro atoms. The van der Waals surface area contributed by atoms with Crippen LogP contribution >= 0.6 is 11.3 Å². The molecule has 186 valence electrons. The van der Waals surface area contributed by atoms with Gasteiger partial charge in [-0.15, -0.1) is 11.3 Å². The number of halogens is 1. The Morgan fingerprint density at radius 2 is 1.65 bits per heavy atom. The van der Waals surface area contributed by atoms with E-state index >= 15 is 0 Å². The lowest BCUT2D eigenvalue weighted by atomic mass is 9.86. The maximum Gasteiger partial charge on any atom is 0.341 e. The summed E-state index contributed by atoms with van der Waals surface area (Å²) in [6.45, 7) is 2.06. The Hall–Kier alpha value is -3.90. The van der Waals surface area contributed by atoms with E-state index < -0.39 is 5.97 Å². The van der Waals surface area contributed by atoms with Crippen molar-refractivity contribution in [3.63, 3.8) is 0 Å². The molecule has 7 heteroatoms. The quantitative estimate of drug-likeness (QED) is 0.199. The molecule has 0 amide bonds. The van der Waals surface area contributed by atoms with Gasteiger partial charge in [0.15, 0.2) is 0 Å². The van der Waals surface area contributed by atoms with Crippen LogP contribution in [-0.4, -0.2) is 30.5 Å². The fourth-order valence-corrected chi connectivity index (χ4v) is 6.11. The summed E-state index contributed by atoms with van der Waals surface area (Å²) in [6, 6.07) is 29.1. The van der Waals surface area contributed by atoms with Crippen molar-refractivity contribution < 1.29 is 13.9 Å². The van der Waals surface area contributed by atoms with Gasteiger partial charge in [-0.25, -0.2) is 9.18 Å². The molecule has 2 atom stereocenters. The van der Waals surface area contributed by atoms with Gasteiger partial charge in [0.25, 0.3) is 0 Å². The number of rotatable bonds is 6. The van der Waals surface area contributed by atoms with E-state index in [0.717, 1.165) is 16.0 Å². The third-order valence-electron chi connectivity index (χ3n) is 6.50. The van der Waals surface area contributed by atoms with Gasteiger partial charge in [0.2, 0.25) is 0 Å². The molecular weight excluding hydrogens is 485 g/mol. The van der Waals surface area contributed by atoms with Crippen molar-refractivity contribution in [2.24, 2.45) is 9.98 Å². The molecule has 37 heavy (non-hydrogen) atoms. The standard InChI is InChI=1S/C30H26FN3O2S/c1-3-36-30(35)26-24-18-25(20-10-6-4-7-11-20)34(2)27(21-12-8-5-9-13-21)28(24)37-29(26)33-19-32-23-16-14-22(31)15-17-23/h4-17,25,27H,3,18H2,1-2H3. The van der Waals surface area contributed by atoms with E-state index in [1.807, 2.05) is 36.4 Å². The fraction of sp³-hybridized carbons (Fsp3) is 0.200. The number of ether oxygens (including phenoxy) is 1. The van der Waals surface area contributed by atoms with Crippen LogP contribution in [0.5, 0.6) is 0 Å². The fourth-order valence-electron chi connectivity index (χ4n) is 4.78. The smallest absolute Gasteiger partial charge is 0.341 e. The normalized spacial score (nSPS) is 16.9. The number of likely N-dealkylation sites (N-methyl/N-ethyl adjacent to an activating group) is 1. The monoisotopic (exact) mass is 511 g/mol. The van der Waals surface area contributed by atoms with Crippen LogP contribution in [0.3, 0.4) is 0 Å². The Kier molecular flexibility index (Phi) is 7.37. The van der Waals surface area contributed by atoms with E-state index in [-0.39, 0.29) is 24.5 Å². The first kappa shape index (κ1) is 24.8. The second-order valence-corrected chi connectivity index (χ2v) is 9.79. The largest absolute Gasteiger partial charge is 0.462 e. The Morgan fingerprint density at radius 3 is 2.30 bits per heavy atom. The maximum absolute atomic E-state index is 13.2. The zero-order valence-electron chi connectivity index (χ0n) is 20.6. The Balaban J connectivity index is 1.66. The average molecular weight is 512 g/mol. The first-order valence-corrected chi connectivity index (χ1v) is 12.9. The molecule has 0 N–H and O–H groups in total. The lowest BCUT2D eigenvalue weighted by Gasteiger charge is -2.40. The second-order valence-electron chi connectivity index (χ2n) is 8.75. The Labute approximate surface area is 219 Å². The summed E-state index contributed by atoms with van der Waals surface area (Å²) >= 11 is 1.47. The van der Waals surface area contributed by atoms with E-state index in [1.165, 1.54) is 29.0 Å². The zero-order chi connectivity index (χ0) is 25.8. The number of benzene rings is 3. The molecule has 0 bridgehead atoms. The number of fused-ring (bicyclic) bond motifs is 1. The van der Waals surface area contributed by atoms with Gasteiger partial charge in [-0.05, 0) is 61.3 Å². The minimum atomic E-state index is -0.398. The van der Waals surface area contributed by atoms with Gasteiger partial charge in [-0.3, -0.25) is 4.90 Å². The number of thiophene rings is 1. The highest BCUT2D eigenvalue weighted by Crippen LogP contribution is 2.50. The first-order valence-electron chi connectivity index (χ1n) is 12.1. The van der Waals surface area contributed by atoms with Crippen molar-refractivity contribution in [1.29, 1.82) is 0 Å². The summed E-state index contributed by atoms with van der Waals surface area (Å²) in [6.07, 6.45) is 0.647. The SMILES string of the molecule is CCOC(=O)c1c(N=C=Nc2ccc(F)cc2)sc2c1CC(c1ccccc1)N(C)C2c1ccccc1. The van der Waals surface area contributed by atoms with E-state index in [0.29, 0.717) is 22.7 Å². The van der Waals surface area contributed by atoms with Crippen LogP contribution in [0.1, 0.15) is 50.9 Å². The zero-order valence-corrected chi connectivity index (χ0v) is 21.4. The number of esters is 1. The van der Waals surface area contributed by atoms with Crippen molar-refractivity contribution in [3.8, 4) is 0 Å². The van der Waals surface area contributed by atoms with Crippen LogP contribution in [0.2, 0.25) is 0 Å². The van der Waals surface area contributed by atoms with Gasteiger partial charge in [0.1, 0.15) is 22.4 Å². The molecule has 1 aliphatic heterocycles. The lowest BCUT2D eigenvalue weighted by Crippen LogP contribution is -2.35. The van der Waals surface area contributed by atoms with E-state index in [1.54, 1.807) is 19.1 Å². The van der Waals surface area contributed by atoms with Crippen molar-refractivity contribution >= 4 is 34.0 Å². The van der Waals surface area contributed by atoms with E-state index in [9.17, 15) is 9.18 Å². The number of hydrogen-bond donors (Lipinski definition) is 0. The summed E-state index contributed by atoms with van der Waals surface area (Å²) in [5, 5.41) is 0.511. The van der Waals surface area contributed by atoms with Crippen molar-refractivity contribution in [1.82, 2.24) is 4.90 Å². The van der Waals surface area contributed by atoms with Crippen LogP contribution < -0.4 is 0 Å². The molecular formula is C30H26FN3O2S. The number of aliphatic imine (C=N–C) groups is 2. The van der Waals surface area contributed by atoms with Gasteiger partial charge >= 0.3 is 5.97 Å². The molecule has 0 aliphatic carbocycles. The van der Waals surface area contributed by atoms with Gasteiger partial charge in [0.05, 0.1) is 18.3 Å². The van der Waals surface area contributed by atoms with Crippen molar-refractivity contribution in [3.05, 3.63) is 118 Å². The molecule has 3 aromatic carbocycles. The third kappa shape index (κ3) is 5.16. The molecule has 0 saturated carbocycles. The highest BCUT2D eigenvalue weighted by Gasteiger charge is 2.39. The van der Waals surface area contributed by atoms with Crippen LogP contribution in [0.25, 0.3) is 0 Å². The molecule has 5 nitrogen and oxygen atoms in total. The van der Waals surface area contributed by atoms with E-state index in [4.69, 9.17) is 4.74 Å². The van der Waals surface area contributed by atoms with Crippen molar-refractivity contribution in [2.75, 3.05) is 13.7 Å². The minimum absolute atomic E-state index is 0.0615. The predicted octanol–water partition coefficient (Wildman–Crippen LogP) is 7.52. The summed E-state index contributed by atoms with van der Waals surface area (Å²) < 4.78 is 18.7. The molecule has 2 unspecified atom stereocenters. The first-order chi connectivity index (χ1) is 18.1. The van der Waals surface area contributed by atoms with Gasteiger partial charge in [-0.1, -0.05) is 60.7 Å². The van der Waals surface area contributed by atoms with Gasteiger partial charge < -0.3 is 4.74 Å². The number of nitrogens with zero attached hydrogens (tertiary/aromatic N) is 3. The number of carbonyl (C=O) groups excluding carboxylic acids is 1. The molecule has 5 rings (SSSR count). The molecule has 1 aromatic heterocycles. The molecule has 1 aliphatic rings. The predicted molar refractivity (Wildman–Crippen MR) is 145 cm³/mol. The summed E-state index contributed by atoms with van der Waals surface area (Å²) in [7, 11) is 2.13. The lowest BCUT2D eigenvalue weighted by molar-refractivity contribution is 0.0525. The summed E-state index contributed by atoms with van der Waals surface area (Å²) in [5.41, 5.74) is 4.26. The molecule has 4 aromatic rings. The third-order valence-corrected chi connectivity index (χ3v) is 7.68. The molecule has 0 radical (unpaired) electrons. The molecule has 0 saturated heterocycles. The molecule has 0 fully saturated rings. The average Bonchev–Trinajstić information content (AvgIpc) is 3.28. The van der Waals surface area contributed by atoms with Crippen molar-refractivity contribution in [2.45, 2.75) is 25.4 Å². The van der Waals surface area contributed by atoms with Crippen LogP contribution in [0.4, 0.5) is 15.1 Å². The van der Waals surface area contributed by atoms with Crippen LogP contribution in [0, 0.1) is 5.82 Å². The summed E-state index contributed by atoms with van der Waals surface area (Å²) in [5.74, 6) is -0.735. The highest BCUT2D eigenvalue weighted by molar-refractivity contribution is 7.16. The highest BCUT2D eigenvalue weighted by atomic mass is 32.1. The Bertz CT molecular complexity index is 1450. The number of carbonyl (C=O) groups is 1. The molecule has 2 heterocycles.